The second-order valence-electron chi connectivity index (χ2n) is 6.66. The summed E-state index contributed by atoms with van der Waals surface area (Å²) in [6, 6.07) is 7.10. The first-order valence-corrected chi connectivity index (χ1v) is 8.36. The third-order valence-corrected chi connectivity index (χ3v) is 4.74. The molecule has 0 fully saturated rings. The van der Waals surface area contributed by atoms with E-state index in [1.54, 1.807) is 31.4 Å². The Kier molecular flexibility index (Phi) is 6.66. The first-order valence-electron chi connectivity index (χ1n) is 7.54. The second kappa shape index (κ2) is 7.82. The van der Waals surface area contributed by atoms with Gasteiger partial charge in [0.25, 0.3) is 0 Å². The van der Waals surface area contributed by atoms with Crippen LogP contribution in [0.4, 0.5) is 0 Å². The van der Waals surface area contributed by atoms with E-state index >= 15 is 0 Å². The lowest BCUT2D eigenvalue weighted by atomic mass is 9.90. The van der Waals surface area contributed by atoms with E-state index in [9.17, 15) is 9.59 Å². The summed E-state index contributed by atoms with van der Waals surface area (Å²) in [5.74, 6) is 0.689. The molecule has 0 aliphatic heterocycles. The Morgan fingerprint density at radius 2 is 1.68 bits per heavy atom. The fourth-order valence-corrected chi connectivity index (χ4v) is 3.01. The highest BCUT2D eigenvalue weighted by Crippen LogP contribution is 2.31. The lowest BCUT2D eigenvalue weighted by Crippen LogP contribution is -2.23. The maximum absolute atomic E-state index is 12.3. The molecule has 0 amide bonds. The molecule has 0 bridgehead atoms. The van der Waals surface area contributed by atoms with Gasteiger partial charge in [0, 0.05) is 22.6 Å². The van der Waals surface area contributed by atoms with Gasteiger partial charge < -0.3 is 4.74 Å². The maximum Gasteiger partial charge on any atom is 0.192 e. The van der Waals surface area contributed by atoms with Gasteiger partial charge in [0.2, 0.25) is 0 Å². The zero-order valence-electron chi connectivity index (χ0n) is 14.3. The fourth-order valence-electron chi connectivity index (χ4n) is 1.99. The molecular formula is C18H26O3S. The van der Waals surface area contributed by atoms with E-state index in [0.717, 1.165) is 5.75 Å². The van der Waals surface area contributed by atoms with E-state index in [-0.39, 0.29) is 27.5 Å². The van der Waals surface area contributed by atoms with Crippen LogP contribution in [0.25, 0.3) is 0 Å². The topological polar surface area (TPSA) is 43.4 Å². The van der Waals surface area contributed by atoms with Crippen molar-refractivity contribution >= 4 is 22.7 Å². The molecule has 0 radical (unpaired) electrons. The minimum atomic E-state index is -0.133. The normalized spacial score (nSPS) is 14.3. The third kappa shape index (κ3) is 5.84. The van der Waals surface area contributed by atoms with Gasteiger partial charge in [-0.3, -0.25) is 9.59 Å². The Morgan fingerprint density at radius 1 is 1.14 bits per heavy atom. The lowest BCUT2D eigenvalue weighted by Gasteiger charge is -2.22. The van der Waals surface area contributed by atoms with Crippen molar-refractivity contribution in [2.75, 3.05) is 7.11 Å². The number of carbonyl (C=O) groups excluding carboxylic acids is 2. The van der Waals surface area contributed by atoms with Crippen LogP contribution in [-0.2, 0) is 4.79 Å². The lowest BCUT2D eigenvalue weighted by molar-refractivity contribution is -0.115. The van der Waals surface area contributed by atoms with Crippen LogP contribution in [-0.4, -0.2) is 22.8 Å². The Morgan fingerprint density at radius 3 is 2.14 bits per heavy atom. The Labute approximate surface area is 137 Å². The molecule has 0 saturated heterocycles. The molecule has 1 rings (SSSR count). The molecule has 0 saturated carbocycles. The summed E-state index contributed by atoms with van der Waals surface area (Å²) in [4.78, 5) is 24.5. The molecule has 3 nitrogen and oxygen atoms in total. The molecular weight excluding hydrogens is 296 g/mol. The predicted molar refractivity (Wildman–Crippen MR) is 92.6 cm³/mol. The van der Waals surface area contributed by atoms with Crippen LogP contribution in [0.5, 0.6) is 5.75 Å². The van der Waals surface area contributed by atoms with Crippen LogP contribution in [0.3, 0.4) is 0 Å². The Hall–Kier alpha value is -1.29. The van der Waals surface area contributed by atoms with Gasteiger partial charge in [0.1, 0.15) is 5.75 Å². The average molecular weight is 322 g/mol. The van der Waals surface area contributed by atoms with Crippen molar-refractivity contribution in [3.05, 3.63) is 29.8 Å². The van der Waals surface area contributed by atoms with Gasteiger partial charge in [-0.2, -0.15) is 0 Å². The van der Waals surface area contributed by atoms with E-state index in [1.165, 1.54) is 11.8 Å². The zero-order chi connectivity index (χ0) is 16.9. The Bertz CT molecular complexity index is 514. The summed E-state index contributed by atoms with van der Waals surface area (Å²) in [6.07, 6.45) is 0.379. The summed E-state index contributed by atoms with van der Waals surface area (Å²) >= 11 is 1.35. The molecule has 0 heterocycles. The monoisotopic (exact) mass is 322 g/mol. The number of ketones is 1. The molecule has 22 heavy (non-hydrogen) atoms. The smallest absolute Gasteiger partial charge is 0.192 e. The summed E-state index contributed by atoms with van der Waals surface area (Å²) in [6.45, 7) is 9.95. The SMILES string of the molecule is COc1ccc(C(=O)C[C@@H](C)[C@H](C)C(=O)SC(C)(C)C)cc1. The highest BCUT2D eigenvalue weighted by molar-refractivity contribution is 8.14. The molecule has 1 aromatic rings. The number of benzene rings is 1. The number of carbonyl (C=O) groups is 2. The largest absolute Gasteiger partial charge is 0.497 e. The van der Waals surface area contributed by atoms with Crippen molar-refractivity contribution in [1.82, 2.24) is 0 Å². The first kappa shape index (κ1) is 18.8. The summed E-state index contributed by atoms with van der Waals surface area (Å²) in [5.41, 5.74) is 0.663. The number of hydrogen-bond acceptors (Lipinski definition) is 4. The van der Waals surface area contributed by atoms with Gasteiger partial charge in [-0.15, -0.1) is 0 Å². The molecule has 0 aliphatic rings. The molecule has 0 N–H and O–H groups in total. The minimum absolute atomic E-state index is 0.0250. The summed E-state index contributed by atoms with van der Waals surface area (Å²) < 4.78 is 5.00. The Balaban J connectivity index is 2.64. The summed E-state index contributed by atoms with van der Waals surface area (Å²) in [5, 5.41) is 0.155. The van der Waals surface area contributed by atoms with E-state index < -0.39 is 0 Å². The zero-order valence-corrected chi connectivity index (χ0v) is 15.1. The van der Waals surface area contributed by atoms with Crippen molar-refractivity contribution in [2.45, 2.75) is 45.8 Å². The van der Waals surface area contributed by atoms with Crippen molar-refractivity contribution in [1.29, 1.82) is 0 Å². The summed E-state index contributed by atoms with van der Waals surface area (Å²) in [7, 11) is 1.60. The number of rotatable bonds is 6. The van der Waals surface area contributed by atoms with Gasteiger partial charge in [0.05, 0.1) is 7.11 Å². The molecule has 1 aromatic carbocycles. The van der Waals surface area contributed by atoms with Crippen LogP contribution in [0.1, 0.15) is 51.4 Å². The molecule has 0 aromatic heterocycles. The molecule has 4 heteroatoms. The van der Waals surface area contributed by atoms with Gasteiger partial charge in [0.15, 0.2) is 10.9 Å². The quantitative estimate of drug-likeness (QED) is 0.718. The van der Waals surface area contributed by atoms with Gasteiger partial charge in [-0.1, -0.05) is 46.4 Å². The number of thioether (sulfide) groups is 1. The highest BCUT2D eigenvalue weighted by atomic mass is 32.2. The van der Waals surface area contributed by atoms with Crippen LogP contribution in [0.15, 0.2) is 24.3 Å². The molecule has 2 atom stereocenters. The van der Waals surface area contributed by atoms with Crippen molar-refractivity contribution in [2.24, 2.45) is 11.8 Å². The minimum Gasteiger partial charge on any atom is -0.497 e. The van der Waals surface area contributed by atoms with Crippen LogP contribution < -0.4 is 4.74 Å². The fraction of sp³-hybridized carbons (Fsp3) is 0.556. The molecule has 122 valence electrons. The number of hydrogen-bond donors (Lipinski definition) is 0. The van der Waals surface area contributed by atoms with E-state index in [2.05, 4.69) is 0 Å². The van der Waals surface area contributed by atoms with Gasteiger partial charge in [-0.05, 0) is 30.2 Å². The predicted octanol–water partition coefficient (Wildman–Crippen LogP) is 4.60. The first-order chi connectivity index (χ1) is 10.1. The maximum atomic E-state index is 12.3. The van der Waals surface area contributed by atoms with Crippen LogP contribution >= 0.6 is 11.8 Å². The van der Waals surface area contributed by atoms with Crippen molar-refractivity contribution in [3.63, 3.8) is 0 Å². The van der Waals surface area contributed by atoms with Crippen LogP contribution in [0, 0.1) is 11.8 Å². The number of ether oxygens (including phenoxy) is 1. The van der Waals surface area contributed by atoms with E-state index in [1.807, 2.05) is 34.6 Å². The average Bonchev–Trinajstić information content (AvgIpc) is 2.44. The molecule has 0 unspecified atom stereocenters. The third-order valence-electron chi connectivity index (χ3n) is 3.55. The number of Topliss-reactive ketones (excluding diaryl/α,β-unsaturated/α-hetero) is 1. The molecule has 0 aliphatic carbocycles. The van der Waals surface area contributed by atoms with E-state index in [4.69, 9.17) is 4.74 Å². The molecule has 0 spiro atoms. The standard InChI is InChI=1S/C18H26O3S/c1-12(13(2)17(20)22-18(3,4)5)11-16(19)14-7-9-15(21-6)10-8-14/h7-10,12-13H,11H2,1-6H3/t12-,13+/m1/s1. The second-order valence-corrected chi connectivity index (χ2v) is 8.49. The van der Waals surface area contributed by atoms with Gasteiger partial charge in [-0.25, -0.2) is 0 Å². The van der Waals surface area contributed by atoms with Crippen LogP contribution in [0.2, 0.25) is 0 Å². The van der Waals surface area contributed by atoms with E-state index in [0.29, 0.717) is 12.0 Å². The van der Waals surface area contributed by atoms with Crippen molar-refractivity contribution < 1.29 is 14.3 Å². The van der Waals surface area contributed by atoms with Gasteiger partial charge >= 0.3 is 0 Å². The highest BCUT2D eigenvalue weighted by Gasteiger charge is 2.27. The number of methoxy groups -OCH3 is 1. The van der Waals surface area contributed by atoms with Crippen molar-refractivity contribution in [3.8, 4) is 5.75 Å².